The first-order chi connectivity index (χ1) is 8.70. The summed E-state index contributed by atoms with van der Waals surface area (Å²) >= 11 is 2.16. The van der Waals surface area contributed by atoms with Crippen LogP contribution in [0.4, 0.5) is 10.5 Å². The maximum Gasteiger partial charge on any atom is 0.326 e. The quantitative estimate of drug-likeness (QED) is 0.710. The van der Waals surface area contributed by atoms with Crippen molar-refractivity contribution in [3.63, 3.8) is 0 Å². The van der Waals surface area contributed by atoms with E-state index >= 15 is 0 Å². The number of rotatable bonds is 3. The largest absolute Gasteiger partial charge is 0.480 e. The van der Waals surface area contributed by atoms with E-state index in [2.05, 4.69) is 33.2 Å². The first-order valence-electron chi connectivity index (χ1n) is 5.76. The molecule has 0 unspecified atom stereocenters. The van der Waals surface area contributed by atoms with Crippen molar-refractivity contribution in [3.8, 4) is 0 Å². The van der Waals surface area contributed by atoms with E-state index in [-0.39, 0.29) is 0 Å². The molecule has 1 atom stereocenters. The van der Waals surface area contributed by atoms with E-state index in [4.69, 9.17) is 5.11 Å². The minimum absolute atomic E-state index is 0.525. The van der Waals surface area contributed by atoms with Crippen molar-refractivity contribution in [1.29, 1.82) is 0 Å². The molecule has 3 N–H and O–H groups in total. The molecule has 0 aromatic heterocycles. The molecule has 19 heavy (non-hydrogen) atoms. The molecule has 0 heterocycles. The fourth-order valence-corrected chi connectivity index (χ4v) is 1.84. The smallest absolute Gasteiger partial charge is 0.326 e. The molecule has 0 aliphatic rings. The van der Waals surface area contributed by atoms with Crippen LogP contribution in [0.15, 0.2) is 24.3 Å². The van der Waals surface area contributed by atoms with Gasteiger partial charge in [-0.2, -0.15) is 0 Å². The Morgan fingerprint density at radius 3 is 2.16 bits per heavy atom. The molecular formula is C13H17IN2O3. The fourth-order valence-electron chi connectivity index (χ4n) is 1.48. The number of amides is 2. The topological polar surface area (TPSA) is 78.4 Å². The average Bonchev–Trinajstić information content (AvgIpc) is 2.27. The number of carboxylic acids is 1. The van der Waals surface area contributed by atoms with Crippen molar-refractivity contribution < 1.29 is 14.7 Å². The third-order valence-corrected chi connectivity index (χ3v) is 3.21. The zero-order chi connectivity index (χ0) is 14.6. The summed E-state index contributed by atoms with van der Waals surface area (Å²) in [5, 5.41) is 14.2. The van der Waals surface area contributed by atoms with Crippen molar-refractivity contribution in [2.45, 2.75) is 26.8 Å². The van der Waals surface area contributed by atoms with Gasteiger partial charge in [-0.15, -0.1) is 0 Å². The summed E-state index contributed by atoms with van der Waals surface area (Å²) in [7, 11) is 0. The first kappa shape index (κ1) is 15.7. The van der Waals surface area contributed by atoms with Gasteiger partial charge in [0.2, 0.25) is 0 Å². The number of carbonyl (C=O) groups excluding carboxylic acids is 1. The predicted molar refractivity (Wildman–Crippen MR) is 82.2 cm³/mol. The minimum atomic E-state index is -1.05. The zero-order valence-electron chi connectivity index (χ0n) is 11.0. The van der Waals surface area contributed by atoms with Crippen molar-refractivity contribution in [3.05, 3.63) is 27.8 Å². The summed E-state index contributed by atoms with van der Waals surface area (Å²) in [5.41, 5.74) is 0.0610. The minimum Gasteiger partial charge on any atom is -0.480 e. The van der Waals surface area contributed by atoms with Crippen LogP contribution in [-0.2, 0) is 4.79 Å². The number of anilines is 1. The molecule has 0 spiro atoms. The maximum absolute atomic E-state index is 11.8. The molecule has 0 fully saturated rings. The van der Waals surface area contributed by atoms with Crippen LogP contribution in [0.3, 0.4) is 0 Å². The summed E-state index contributed by atoms with van der Waals surface area (Å²) < 4.78 is 1.06. The monoisotopic (exact) mass is 376 g/mol. The number of carboxylic acid groups (broad SMARTS) is 1. The molecule has 1 aromatic rings. The van der Waals surface area contributed by atoms with E-state index in [0.717, 1.165) is 3.57 Å². The van der Waals surface area contributed by atoms with Crippen LogP contribution in [0, 0.1) is 8.99 Å². The second-order valence-corrected chi connectivity index (χ2v) is 6.49. The highest BCUT2D eigenvalue weighted by molar-refractivity contribution is 14.1. The van der Waals surface area contributed by atoms with Gasteiger partial charge in [0.05, 0.1) is 0 Å². The van der Waals surface area contributed by atoms with Crippen LogP contribution < -0.4 is 10.6 Å². The van der Waals surface area contributed by atoms with Gasteiger partial charge in [-0.3, -0.25) is 0 Å². The Bertz CT molecular complexity index is 466. The molecule has 0 aliphatic heterocycles. The van der Waals surface area contributed by atoms with Crippen LogP contribution in [-0.4, -0.2) is 23.1 Å². The van der Waals surface area contributed by atoms with Gasteiger partial charge in [-0.1, -0.05) is 20.8 Å². The van der Waals surface area contributed by atoms with Crippen LogP contribution in [0.1, 0.15) is 20.8 Å². The molecule has 5 nitrogen and oxygen atoms in total. The zero-order valence-corrected chi connectivity index (χ0v) is 13.2. The number of hydrogen-bond acceptors (Lipinski definition) is 2. The molecular weight excluding hydrogens is 359 g/mol. The SMILES string of the molecule is CC(C)(C)[C@@H](NC(=O)Nc1ccc(I)cc1)C(=O)O. The van der Waals surface area contributed by atoms with Crippen LogP contribution in [0.5, 0.6) is 0 Å². The van der Waals surface area contributed by atoms with Gasteiger partial charge in [0, 0.05) is 9.26 Å². The summed E-state index contributed by atoms with van der Waals surface area (Å²) in [6, 6.07) is 5.76. The van der Waals surface area contributed by atoms with Crippen molar-refractivity contribution >= 4 is 40.3 Å². The van der Waals surface area contributed by atoms with Crippen molar-refractivity contribution in [2.24, 2.45) is 5.41 Å². The number of hydrogen-bond donors (Lipinski definition) is 3. The number of carbonyl (C=O) groups is 2. The lowest BCUT2D eigenvalue weighted by molar-refractivity contribution is -0.141. The van der Waals surface area contributed by atoms with Crippen LogP contribution >= 0.6 is 22.6 Å². The van der Waals surface area contributed by atoms with Gasteiger partial charge in [-0.05, 0) is 52.3 Å². The molecule has 0 saturated heterocycles. The molecule has 1 aromatic carbocycles. The Morgan fingerprint density at radius 1 is 1.21 bits per heavy atom. The van der Waals surface area contributed by atoms with Crippen molar-refractivity contribution in [1.82, 2.24) is 5.32 Å². The van der Waals surface area contributed by atoms with E-state index in [1.165, 1.54) is 0 Å². The molecule has 0 radical (unpaired) electrons. The first-order valence-corrected chi connectivity index (χ1v) is 6.84. The van der Waals surface area contributed by atoms with E-state index in [1.54, 1.807) is 32.9 Å². The summed E-state index contributed by atoms with van der Waals surface area (Å²) in [6.45, 7) is 5.28. The molecule has 104 valence electrons. The Labute approximate surface area is 125 Å². The highest BCUT2D eigenvalue weighted by atomic mass is 127. The van der Waals surface area contributed by atoms with Gasteiger partial charge in [-0.25, -0.2) is 9.59 Å². The molecule has 2 amide bonds. The van der Waals surface area contributed by atoms with Crippen LogP contribution in [0.25, 0.3) is 0 Å². The Kier molecular flexibility index (Phi) is 5.16. The average molecular weight is 376 g/mol. The van der Waals surface area contributed by atoms with Gasteiger partial charge in [0.25, 0.3) is 0 Å². The molecule has 0 saturated carbocycles. The summed E-state index contributed by atoms with van der Waals surface area (Å²) in [6.07, 6.45) is 0. The van der Waals surface area contributed by atoms with E-state index in [9.17, 15) is 9.59 Å². The Morgan fingerprint density at radius 2 is 1.74 bits per heavy atom. The maximum atomic E-state index is 11.8. The van der Waals surface area contributed by atoms with E-state index < -0.39 is 23.5 Å². The van der Waals surface area contributed by atoms with Gasteiger partial charge >= 0.3 is 12.0 Å². The van der Waals surface area contributed by atoms with Crippen LogP contribution in [0.2, 0.25) is 0 Å². The number of urea groups is 1. The second kappa shape index (κ2) is 6.23. The lowest BCUT2D eigenvalue weighted by Crippen LogP contribution is -2.50. The molecule has 6 heteroatoms. The normalized spacial score (nSPS) is 12.6. The fraction of sp³-hybridized carbons (Fsp3) is 0.385. The van der Waals surface area contributed by atoms with Crippen molar-refractivity contribution in [2.75, 3.05) is 5.32 Å². The van der Waals surface area contributed by atoms with Gasteiger partial charge in [0.1, 0.15) is 6.04 Å². The number of nitrogens with one attached hydrogen (secondary N) is 2. The lowest BCUT2D eigenvalue weighted by atomic mass is 9.87. The highest BCUT2D eigenvalue weighted by Crippen LogP contribution is 2.19. The van der Waals surface area contributed by atoms with Gasteiger partial charge in [0.15, 0.2) is 0 Å². The summed E-state index contributed by atoms with van der Waals surface area (Å²) in [4.78, 5) is 22.9. The lowest BCUT2D eigenvalue weighted by Gasteiger charge is -2.27. The summed E-state index contributed by atoms with van der Waals surface area (Å²) in [5.74, 6) is -1.05. The van der Waals surface area contributed by atoms with Gasteiger partial charge < -0.3 is 15.7 Å². The number of benzene rings is 1. The third-order valence-electron chi connectivity index (χ3n) is 2.49. The highest BCUT2D eigenvalue weighted by Gasteiger charge is 2.32. The van der Waals surface area contributed by atoms with E-state index in [0.29, 0.717) is 5.69 Å². The Hall–Kier alpha value is -1.31. The number of aliphatic carboxylic acids is 1. The Balaban J connectivity index is 2.68. The third kappa shape index (κ3) is 5.06. The second-order valence-electron chi connectivity index (χ2n) is 5.24. The molecule has 0 aliphatic carbocycles. The molecule has 1 rings (SSSR count). The van der Waals surface area contributed by atoms with E-state index in [1.807, 2.05) is 12.1 Å². The molecule has 0 bridgehead atoms. The predicted octanol–water partition coefficient (Wildman–Crippen LogP) is 2.91. The standard InChI is InChI=1S/C13H17IN2O3/c1-13(2,3)10(11(17)18)16-12(19)15-9-6-4-8(14)5-7-9/h4-7,10H,1-3H3,(H,17,18)(H2,15,16,19)/t10-/m0/s1. The number of halogens is 1.